The first-order valence-corrected chi connectivity index (χ1v) is 5.87. The van der Waals surface area contributed by atoms with Crippen LogP contribution in [0.5, 0.6) is 0 Å². The second-order valence-corrected chi connectivity index (χ2v) is 4.18. The van der Waals surface area contributed by atoms with Crippen molar-refractivity contribution in [2.75, 3.05) is 0 Å². The van der Waals surface area contributed by atoms with Gasteiger partial charge in [0.15, 0.2) is 0 Å². The van der Waals surface area contributed by atoms with E-state index >= 15 is 0 Å². The van der Waals surface area contributed by atoms with Crippen LogP contribution in [0.15, 0.2) is 24.4 Å². The van der Waals surface area contributed by atoms with Gasteiger partial charge in [-0.3, -0.25) is 9.48 Å². The number of unbranched alkanes of at least 4 members (excludes halogenated alkanes) is 1. The monoisotopic (exact) mass is 232 g/mol. The molecule has 0 aliphatic heterocycles. The van der Waals surface area contributed by atoms with E-state index in [-0.39, 0.29) is 6.42 Å². The number of carboxylic acid groups (broad SMARTS) is 1. The predicted molar refractivity (Wildman–Crippen MR) is 66.0 cm³/mol. The Hall–Kier alpha value is -1.84. The lowest BCUT2D eigenvalue weighted by atomic mass is 10.1. The number of rotatable bonds is 5. The number of nitrogens with zero attached hydrogens (tertiary/aromatic N) is 2. The maximum absolute atomic E-state index is 10.6. The first-order valence-electron chi connectivity index (χ1n) is 5.87. The van der Waals surface area contributed by atoms with Crippen LogP contribution in [-0.2, 0) is 17.8 Å². The molecule has 4 nitrogen and oxygen atoms in total. The molecule has 1 heterocycles. The highest BCUT2D eigenvalue weighted by Crippen LogP contribution is 2.16. The van der Waals surface area contributed by atoms with Gasteiger partial charge in [-0.25, -0.2) is 0 Å². The zero-order valence-corrected chi connectivity index (χ0v) is 9.89. The van der Waals surface area contributed by atoms with Crippen LogP contribution in [0.3, 0.4) is 0 Å². The number of aliphatic carboxylic acids is 1. The summed E-state index contributed by atoms with van der Waals surface area (Å²) in [4.78, 5) is 10.6. The number of carbonyl (C=O) groups is 1. The lowest BCUT2D eigenvalue weighted by Gasteiger charge is -2.02. The largest absolute Gasteiger partial charge is 0.481 e. The third kappa shape index (κ3) is 2.64. The summed E-state index contributed by atoms with van der Waals surface area (Å²) < 4.78 is 1.98. The van der Waals surface area contributed by atoms with Gasteiger partial charge in [0.25, 0.3) is 0 Å². The van der Waals surface area contributed by atoms with E-state index in [2.05, 4.69) is 12.0 Å². The van der Waals surface area contributed by atoms with E-state index in [9.17, 15) is 4.79 Å². The molecule has 1 N–H and O–H groups in total. The number of aromatic nitrogens is 2. The molecule has 0 atom stereocenters. The van der Waals surface area contributed by atoms with Gasteiger partial charge in [-0.15, -0.1) is 0 Å². The van der Waals surface area contributed by atoms with Crippen molar-refractivity contribution in [3.05, 3.63) is 30.0 Å². The SMILES string of the molecule is CCCCn1ncc2cc(CC(=O)O)ccc21. The average Bonchev–Trinajstić information content (AvgIpc) is 2.68. The van der Waals surface area contributed by atoms with Gasteiger partial charge in [-0.05, 0) is 24.1 Å². The molecule has 0 saturated heterocycles. The Bertz CT molecular complexity index is 531. The van der Waals surface area contributed by atoms with Gasteiger partial charge in [-0.1, -0.05) is 19.4 Å². The van der Waals surface area contributed by atoms with Gasteiger partial charge < -0.3 is 5.11 Å². The Balaban J connectivity index is 2.28. The minimum absolute atomic E-state index is 0.0656. The summed E-state index contributed by atoms with van der Waals surface area (Å²) >= 11 is 0. The maximum Gasteiger partial charge on any atom is 0.307 e. The zero-order chi connectivity index (χ0) is 12.3. The smallest absolute Gasteiger partial charge is 0.307 e. The Morgan fingerprint density at radius 3 is 3.00 bits per heavy atom. The van der Waals surface area contributed by atoms with Crippen LogP contribution in [0.2, 0.25) is 0 Å². The number of hydrogen-bond donors (Lipinski definition) is 1. The van der Waals surface area contributed by atoms with Crippen molar-refractivity contribution >= 4 is 16.9 Å². The number of carboxylic acids is 1. The van der Waals surface area contributed by atoms with Crippen molar-refractivity contribution in [1.29, 1.82) is 0 Å². The molecule has 0 aliphatic carbocycles. The lowest BCUT2D eigenvalue weighted by Crippen LogP contribution is -2.01. The first-order chi connectivity index (χ1) is 8.20. The number of hydrogen-bond acceptors (Lipinski definition) is 2. The van der Waals surface area contributed by atoms with Crippen molar-refractivity contribution < 1.29 is 9.90 Å². The third-order valence-corrected chi connectivity index (χ3v) is 2.79. The Kier molecular flexibility index (Phi) is 3.42. The molecule has 2 aromatic rings. The first kappa shape index (κ1) is 11.6. The Labute approximate surface area is 99.9 Å². The van der Waals surface area contributed by atoms with Gasteiger partial charge >= 0.3 is 5.97 Å². The van der Waals surface area contributed by atoms with E-state index in [4.69, 9.17) is 5.11 Å². The minimum atomic E-state index is -0.803. The van der Waals surface area contributed by atoms with Crippen molar-refractivity contribution in [3.8, 4) is 0 Å². The van der Waals surface area contributed by atoms with E-state index in [0.717, 1.165) is 35.9 Å². The normalized spacial score (nSPS) is 10.9. The fourth-order valence-corrected chi connectivity index (χ4v) is 1.91. The molecular weight excluding hydrogens is 216 g/mol. The third-order valence-electron chi connectivity index (χ3n) is 2.79. The van der Waals surface area contributed by atoms with Crippen LogP contribution in [0.4, 0.5) is 0 Å². The van der Waals surface area contributed by atoms with Gasteiger partial charge in [0.2, 0.25) is 0 Å². The maximum atomic E-state index is 10.6. The molecule has 17 heavy (non-hydrogen) atoms. The summed E-state index contributed by atoms with van der Waals surface area (Å²) in [5.41, 5.74) is 1.90. The van der Waals surface area contributed by atoms with Crippen LogP contribution in [0.1, 0.15) is 25.3 Å². The molecule has 0 amide bonds. The Morgan fingerprint density at radius 2 is 2.29 bits per heavy atom. The van der Waals surface area contributed by atoms with Crippen LogP contribution in [0.25, 0.3) is 10.9 Å². The van der Waals surface area contributed by atoms with Gasteiger partial charge in [0.1, 0.15) is 0 Å². The average molecular weight is 232 g/mol. The summed E-state index contributed by atoms with van der Waals surface area (Å²) in [6.07, 6.45) is 4.11. The van der Waals surface area contributed by atoms with Gasteiger partial charge in [-0.2, -0.15) is 5.10 Å². The fraction of sp³-hybridized carbons (Fsp3) is 0.385. The molecule has 90 valence electrons. The van der Waals surface area contributed by atoms with E-state index in [1.807, 2.05) is 22.9 Å². The van der Waals surface area contributed by atoms with E-state index < -0.39 is 5.97 Å². The highest BCUT2D eigenvalue weighted by atomic mass is 16.4. The van der Waals surface area contributed by atoms with Gasteiger partial charge in [0.05, 0.1) is 18.1 Å². The van der Waals surface area contributed by atoms with E-state index in [0.29, 0.717) is 0 Å². The molecule has 0 radical (unpaired) electrons. The highest BCUT2D eigenvalue weighted by Gasteiger charge is 2.05. The number of fused-ring (bicyclic) bond motifs is 1. The molecule has 0 aliphatic rings. The number of aryl methyl sites for hydroxylation is 1. The van der Waals surface area contributed by atoms with Crippen LogP contribution in [-0.4, -0.2) is 20.9 Å². The molecule has 0 bridgehead atoms. The van der Waals surface area contributed by atoms with Crippen LogP contribution in [0, 0.1) is 0 Å². The standard InChI is InChI=1S/C13H16N2O2/c1-2-3-6-15-12-5-4-10(8-13(16)17)7-11(12)9-14-15/h4-5,7,9H,2-3,6,8H2,1H3,(H,16,17). The molecule has 0 fully saturated rings. The lowest BCUT2D eigenvalue weighted by molar-refractivity contribution is -0.136. The predicted octanol–water partition coefficient (Wildman–Crippen LogP) is 2.46. The summed E-state index contributed by atoms with van der Waals surface area (Å²) in [5, 5.41) is 14.1. The molecule has 0 saturated carbocycles. The molecule has 2 rings (SSSR count). The highest BCUT2D eigenvalue weighted by molar-refractivity contribution is 5.81. The summed E-state index contributed by atoms with van der Waals surface area (Å²) in [6.45, 7) is 3.06. The molecular formula is C13H16N2O2. The second-order valence-electron chi connectivity index (χ2n) is 4.18. The van der Waals surface area contributed by atoms with E-state index in [1.165, 1.54) is 0 Å². The minimum Gasteiger partial charge on any atom is -0.481 e. The Morgan fingerprint density at radius 1 is 1.47 bits per heavy atom. The quantitative estimate of drug-likeness (QED) is 0.861. The van der Waals surface area contributed by atoms with Crippen LogP contribution < -0.4 is 0 Å². The zero-order valence-electron chi connectivity index (χ0n) is 9.89. The molecule has 0 unspecified atom stereocenters. The summed E-state index contributed by atoms with van der Waals surface area (Å²) in [7, 11) is 0. The van der Waals surface area contributed by atoms with Crippen molar-refractivity contribution in [1.82, 2.24) is 9.78 Å². The van der Waals surface area contributed by atoms with E-state index in [1.54, 1.807) is 6.20 Å². The van der Waals surface area contributed by atoms with Crippen molar-refractivity contribution in [2.45, 2.75) is 32.7 Å². The topological polar surface area (TPSA) is 55.1 Å². The fourth-order valence-electron chi connectivity index (χ4n) is 1.91. The second kappa shape index (κ2) is 4.99. The summed E-state index contributed by atoms with van der Waals surface area (Å²) in [5.74, 6) is -0.803. The summed E-state index contributed by atoms with van der Waals surface area (Å²) in [6, 6.07) is 5.72. The number of benzene rings is 1. The van der Waals surface area contributed by atoms with Crippen molar-refractivity contribution in [3.63, 3.8) is 0 Å². The molecule has 1 aromatic carbocycles. The van der Waals surface area contributed by atoms with Crippen molar-refractivity contribution in [2.24, 2.45) is 0 Å². The molecule has 0 spiro atoms. The molecule has 1 aromatic heterocycles. The van der Waals surface area contributed by atoms with Crippen LogP contribution >= 0.6 is 0 Å². The van der Waals surface area contributed by atoms with Gasteiger partial charge in [0, 0.05) is 11.9 Å². The molecule has 4 heteroatoms.